The molecule has 0 aliphatic heterocycles. The topological polar surface area (TPSA) is 69.6 Å². The Balaban J connectivity index is 2.83. The van der Waals surface area contributed by atoms with Crippen LogP contribution in [-0.4, -0.2) is 28.8 Å². The molecule has 7 heteroatoms. The van der Waals surface area contributed by atoms with Crippen molar-refractivity contribution < 1.29 is 23.8 Å². The van der Waals surface area contributed by atoms with Crippen molar-refractivity contribution >= 4 is 21.8 Å². The minimum absolute atomic E-state index is 0.106. The molecule has 2 unspecified atom stereocenters. The normalized spacial score (nSPS) is 14.1. The smallest absolute Gasteiger partial charge is 0.216 e. The lowest BCUT2D eigenvalue weighted by atomic mass is 10.0. The molecule has 1 amide bonds. The summed E-state index contributed by atoms with van der Waals surface area (Å²) in [6.45, 7) is 1.04. The lowest BCUT2D eigenvalue weighted by Gasteiger charge is -2.18. The summed E-state index contributed by atoms with van der Waals surface area (Å²) in [5.41, 5.74) is -0.106. The Morgan fingerprint density at radius 2 is 1.89 bits per heavy atom. The summed E-state index contributed by atoms with van der Waals surface area (Å²) < 4.78 is 26.1. The highest BCUT2D eigenvalue weighted by Crippen LogP contribution is 2.25. The van der Waals surface area contributed by atoms with Crippen molar-refractivity contribution in [1.29, 1.82) is 0 Å². The predicted molar refractivity (Wildman–Crippen MR) is 63.7 cm³/mol. The van der Waals surface area contributed by atoms with Crippen LogP contribution >= 0.6 is 15.9 Å². The number of amides is 1. The van der Waals surface area contributed by atoms with Gasteiger partial charge in [0.25, 0.3) is 0 Å². The van der Waals surface area contributed by atoms with Gasteiger partial charge in [0.05, 0.1) is 4.47 Å². The monoisotopic (exact) mass is 323 g/mol. The van der Waals surface area contributed by atoms with Gasteiger partial charge in [-0.25, -0.2) is 8.78 Å². The quantitative estimate of drug-likeness (QED) is 0.731. The number of hydrogen-bond acceptors (Lipinski definition) is 3. The van der Waals surface area contributed by atoms with Crippen molar-refractivity contribution in [3.05, 3.63) is 33.8 Å². The van der Waals surface area contributed by atoms with Crippen LogP contribution in [0.15, 0.2) is 16.6 Å². The van der Waals surface area contributed by atoms with Gasteiger partial charge in [0.1, 0.15) is 23.8 Å². The molecule has 0 heterocycles. The molecule has 1 aromatic rings. The summed E-state index contributed by atoms with van der Waals surface area (Å²) >= 11 is 2.70. The van der Waals surface area contributed by atoms with Crippen LogP contribution in [0.5, 0.6) is 0 Å². The average molecular weight is 324 g/mol. The van der Waals surface area contributed by atoms with Gasteiger partial charge in [-0.2, -0.15) is 0 Å². The van der Waals surface area contributed by atoms with E-state index in [0.717, 1.165) is 12.1 Å². The van der Waals surface area contributed by atoms with E-state index in [-0.39, 0.29) is 22.5 Å². The van der Waals surface area contributed by atoms with Crippen molar-refractivity contribution in [1.82, 2.24) is 5.32 Å². The summed E-state index contributed by atoms with van der Waals surface area (Å²) in [7, 11) is 0. The standard InChI is InChI=1S/C11H12BrF2NO3/c1-5(16)15-4-9(17)11(18)6-2-7(13)10(12)8(14)3-6/h2-3,9,11,17-18H,4H2,1H3,(H,15,16). The molecule has 18 heavy (non-hydrogen) atoms. The molecule has 100 valence electrons. The Labute approximate surface area is 111 Å². The van der Waals surface area contributed by atoms with E-state index in [0.29, 0.717) is 0 Å². The molecule has 1 rings (SSSR count). The zero-order valence-electron chi connectivity index (χ0n) is 9.45. The van der Waals surface area contributed by atoms with E-state index in [2.05, 4.69) is 21.2 Å². The Kier molecular flexibility index (Phi) is 5.18. The minimum Gasteiger partial charge on any atom is -0.388 e. The van der Waals surface area contributed by atoms with Crippen molar-refractivity contribution in [3.63, 3.8) is 0 Å². The van der Waals surface area contributed by atoms with Gasteiger partial charge < -0.3 is 15.5 Å². The maximum absolute atomic E-state index is 13.2. The van der Waals surface area contributed by atoms with Gasteiger partial charge in [0.2, 0.25) is 5.91 Å². The zero-order valence-corrected chi connectivity index (χ0v) is 11.0. The number of nitrogens with one attached hydrogen (secondary N) is 1. The molecule has 3 N–H and O–H groups in total. The van der Waals surface area contributed by atoms with Crippen LogP contribution in [0.3, 0.4) is 0 Å². The second-order valence-corrected chi connectivity index (χ2v) is 4.54. The fourth-order valence-corrected chi connectivity index (χ4v) is 1.56. The highest BCUT2D eigenvalue weighted by atomic mass is 79.9. The highest BCUT2D eigenvalue weighted by molar-refractivity contribution is 9.10. The Morgan fingerprint density at radius 1 is 1.39 bits per heavy atom. The van der Waals surface area contributed by atoms with Crippen LogP contribution in [0, 0.1) is 11.6 Å². The van der Waals surface area contributed by atoms with Gasteiger partial charge in [-0.3, -0.25) is 4.79 Å². The number of halogens is 3. The fraction of sp³-hybridized carbons (Fsp3) is 0.364. The van der Waals surface area contributed by atoms with Gasteiger partial charge in [0, 0.05) is 13.5 Å². The van der Waals surface area contributed by atoms with Crippen molar-refractivity contribution in [3.8, 4) is 0 Å². The zero-order chi connectivity index (χ0) is 13.9. The molecular weight excluding hydrogens is 312 g/mol. The van der Waals surface area contributed by atoms with Gasteiger partial charge >= 0.3 is 0 Å². The molecule has 0 aromatic heterocycles. The molecule has 0 saturated carbocycles. The lowest BCUT2D eigenvalue weighted by molar-refractivity contribution is -0.119. The molecule has 0 fully saturated rings. The molecule has 1 aromatic carbocycles. The van der Waals surface area contributed by atoms with Crippen LogP contribution in [0.2, 0.25) is 0 Å². The summed E-state index contributed by atoms with van der Waals surface area (Å²) in [4.78, 5) is 10.6. The SMILES string of the molecule is CC(=O)NCC(O)C(O)c1cc(F)c(Br)c(F)c1. The van der Waals surface area contributed by atoms with Crippen LogP contribution < -0.4 is 5.32 Å². The first-order chi connectivity index (χ1) is 8.32. The number of aliphatic hydroxyl groups is 2. The van der Waals surface area contributed by atoms with E-state index >= 15 is 0 Å². The summed E-state index contributed by atoms with van der Waals surface area (Å²) in [5.74, 6) is -2.14. The molecule has 4 nitrogen and oxygen atoms in total. The molecule has 2 atom stereocenters. The van der Waals surface area contributed by atoms with E-state index in [1.165, 1.54) is 6.92 Å². The fourth-order valence-electron chi connectivity index (χ4n) is 1.33. The first kappa shape index (κ1) is 15.0. The first-order valence-electron chi connectivity index (χ1n) is 5.08. The van der Waals surface area contributed by atoms with E-state index in [9.17, 15) is 23.8 Å². The van der Waals surface area contributed by atoms with E-state index in [4.69, 9.17) is 0 Å². The number of aliphatic hydroxyl groups excluding tert-OH is 2. The number of rotatable bonds is 4. The third-order valence-electron chi connectivity index (χ3n) is 2.27. The lowest BCUT2D eigenvalue weighted by Crippen LogP contribution is -2.34. The van der Waals surface area contributed by atoms with Crippen LogP contribution in [-0.2, 0) is 4.79 Å². The van der Waals surface area contributed by atoms with E-state index < -0.39 is 23.8 Å². The summed E-state index contributed by atoms with van der Waals surface area (Å²) in [6, 6.07) is 1.82. The maximum atomic E-state index is 13.2. The summed E-state index contributed by atoms with van der Waals surface area (Å²) in [6.07, 6.45) is -2.84. The average Bonchev–Trinajstić information content (AvgIpc) is 2.31. The van der Waals surface area contributed by atoms with Crippen molar-refractivity contribution in [2.45, 2.75) is 19.1 Å². The van der Waals surface area contributed by atoms with Gasteiger partial charge in [-0.05, 0) is 33.6 Å². The Bertz CT molecular complexity index is 433. The van der Waals surface area contributed by atoms with E-state index in [1.54, 1.807) is 0 Å². The second kappa shape index (κ2) is 6.21. The molecule has 0 saturated heterocycles. The Hall–Kier alpha value is -1.05. The maximum Gasteiger partial charge on any atom is 0.216 e. The number of carbonyl (C=O) groups is 1. The number of hydrogen-bond donors (Lipinski definition) is 3. The minimum atomic E-state index is -1.49. The number of benzene rings is 1. The Morgan fingerprint density at radius 3 is 2.33 bits per heavy atom. The molecule has 0 spiro atoms. The van der Waals surface area contributed by atoms with Crippen LogP contribution in [0.4, 0.5) is 8.78 Å². The van der Waals surface area contributed by atoms with E-state index in [1.807, 2.05) is 0 Å². The van der Waals surface area contributed by atoms with Gasteiger partial charge in [-0.15, -0.1) is 0 Å². The third kappa shape index (κ3) is 3.72. The largest absolute Gasteiger partial charge is 0.388 e. The molecule has 0 bridgehead atoms. The van der Waals surface area contributed by atoms with Crippen LogP contribution in [0.25, 0.3) is 0 Å². The predicted octanol–water partition coefficient (Wildman–Crippen LogP) is 1.26. The molecule has 0 radical (unpaired) electrons. The van der Waals surface area contributed by atoms with Gasteiger partial charge in [0.15, 0.2) is 0 Å². The molecule has 0 aliphatic carbocycles. The number of carbonyl (C=O) groups excluding carboxylic acids is 1. The van der Waals surface area contributed by atoms with Crippen molar-refractivity contribution in [2.75, 3.05) is 6.54 Å². The molecule has 0 aliphatic rings. The third-order valence-corrected chi connectivity index (χ3v) is 3.03. The van der Waals surface area contributed by atoms with Crippen LogP contribution in [0.1, 0.15) is 18.6 Å². The van der Waals surface area contributed by atoms with Gasteiger partial charge in [-0.1, -0.05) is 0 Å². The molecular formula is C11H12BrF2NO3. The summed E-state index contributed by atoms with van der Waals surface area (Å²) in [5, 5.41) is 21.5. The van der Waals surface area contributed by atoms with Crippen molar-refractivity contribution in [2.24, 2.45) is 0 Å². The first-order valence-corrected chi connectivity index (χ1v) is 5.87. The highest BCUT2D eigenvalue weighted by Gasteiger charge is 2.21. The second-order valence-electron chi connectivity index (χ2n) is 3.75.